The molecule has 0 aliphatic carbocycles. The minimum absolute atomic E-state index is 0.0235. The summed E-state index contributed by atoms with van der Waals surface area (Å²) in [4.78, 5) is 4.30. The molecular weight excluding hydrogens is 613 g/mol. The molecule has 0 fully saturated rings. The molecule has 1 aliphatic rings. The molecule has 1 aromatic heterocycles. The van der Waals surface area contributed by atoms with Gasteiger partial charge in [-0.3, -0.25) is 0 Å². The first kappa shape index (κ1) is 31.6. The molecule has 0 saturated heterocycles. The largest absolute Gasteiger partial charge is 0.497 e. The van der Waals surface area contributed by atoms with Gasteiger partial charge in [0.2, 0.25) is 0 Å². The minimum Gasteiger partial charge on any atom is -0.497 e. The van der Waals surface area contributed by atoms with Crippen LogP contribution in [0.1, 0.15) is 54.2 Å². The highest BCUT2D eigenvalue weighted by Gasteiger charge is 2.33. The first-order valence-corrected chi connectivity index (χ1v) is 16.4. The first-order chi connectivity index (χ1) is 21.1. The molecule has 7 nitrogen and oxygen atoms in total. The fraction of sp³-hybridized carbons (Fsp3) is 0.344. The van der Waals surface area contributed by atoms with Crippen molar-refractivity contribution in [2.24, 2.45) is 0 Å². The molecule has 12 heteroatoms. The smallest absolute Gasteiger partial charge is 0.389 e. The quantitative estimate of drug-likeness (QED) is 0.156. The van der Waals surface area contributed by atoms with Crippen molar-refractivity contribution in [2.75, 3.05) is 25.1 Å². The van der Waals surface area contributed by atoms with Gasteiger partial charge in [0.1, 0.15) is 17.2 Å². The summed E-state index contributed by atoms with van der Waals surface area (Å²) >= 11 is 1.19. The summed E-state index contributed by atoms with van der Waals surface area (Å²) in [6.07, 6.45) is -2.49. The predicted octanol–water partition coefficient (Wildman–Crippen LogP) is 7.94. The molecular formula is C32H33F3N2O5S2. The van der Waals surface area contributed by atoms with E-state index in [0.717, 1.165) is 11.1 Å². The molecule has 0 N–H and O–H groups in total. The third kappa shape index (κ3) is 7.29. The number of rotatable bonds is 12. The van der Waals surface area contributed by atoms with Crippen LogP contribution >= 0.6 is 11.3 Å². The highest BCUT2D eigenvalue weighted by molar-refractivity contribution is 7.93. The zero-order valence-corrected chi connectivity index (χ0v) is 25.9. The van der Waals surface area contributed by atoms with Crippen LogP contribution in [0.2, 0.25) is 0 Å². The van der Waals surface area contributed by atoms with Crippen LogP contribution in [0.15, 0.2) is 83.2 Å². The van der Waals surface area contributed by atoms with Gasteiger partial charge in [-0.15, -0.1) is 11.3 Å². The van der Waals surface area contributed by atoms with Crippen LogP contribution < -0.4 is 18.5 Å². The Hall–Kier alpha value is -3.77. The van der Waals surface area contributed by atoms with Crippen molar-refractivity contribution in [1.29, 1.82) is 0 Å². The second-order valence-electron chi connectivity index (χ2n) is 10.5. The maximum atomic E-state index is 14.1. The summed E-state index contributed by atoms with van der Waals surface area (Å²) in [6, 6.07) is 19.2. The second-order valence-corrected chi connectivity index (χ2v) is 13.3. The van der Waals surface area contributed by atoms with E-state index >= 15 is 0 Å². The van der Waals surface area contributed by atoms with Crippen LogP contribution in [0.4, 0.5) is 18.3 Å². The van der Waals surface area contributed by atoms with Gasteiger partial charge in [-0.2, -0.15) is 13.2 Å². The maximum Gasteiger partial charge on any atom is 0.389 e. The van der Waals surface area contributed by atoms with Crippen molar-refractivity contribution in [2.45, 2.75) is 55.1 Å². The topological polar surface area (TPSA) is 78.0 Å². The average Bonchev–Trinajstić information content (AvgIpc) is 3.56. The monoisotopic (exact) mass is 646 g/mol. The number of benzene rings is 3. The van der Waals surface area contributed by atoms with E-state index in [1.165, 1.54) is 48.2 Å². The number of anilines is 1. The molecule has 44 heavy (non-hydrogen) atoms. The zero-order chi connectivity index (χ0) is 31.3. The van der Waals surface area contributed by atoms with Gasteiger partial charge in [0.25, 0.3) is 10.0 Å². The van der Waals surface area contributed by atoms with E-state index < -0.39 is 22.6 Å². The van der Waals surface area contributed by atoms with Crippen molar-refractivity contribution < 1.29 is 35.8 Å². The number of methoxy groups -OCH3 is 2. The van der Waals surface area contributed by atoms with Gasteiger partial charge in [-0.25, -0.2) is 17.7 Å². The van der Waals surface area contributed by atoms with Gasteiger partial charge >= 0.3 is 6.18 Å². The number of hydrogen-bond donors (Lipinski definition) is 0. The van der Waals surface area contributed by atoms with E-state index in [1.807, 2.05) is 30.3 Å². The van der Waals surface area contributed by atoms with E-state index in [9.17, 15) is 21.6 Å². The Morgan fingerprint density at radius 1 is 1.07 bits per heavy atom. The predicted molar refractivity (Wildman–Crippen MR) is 163 cm³/mol. The molecule has 2 heterocycles. The van der Waals surface area contributed by atoms with E-state index in [2.05, 4.69) is 4.98 Å². The lowest BCUT2D eigenvalue weighted by Crippen LogP contribution is -2.31. The third-order valence-electron chi connectivity index (χ3n) is 7.79. The molecule has 0 amide bonds. The van der Waals surface area contributed by atoms with Crippen LogP contribution in [-0.2, 0) is 16.6 Å². The number of alkyl halides is 3. The number of aromatic nitrogens is 1. The average molecular weight is 647 g/mol. The van der Waals surface area contributed by atoms with Crippen molar-refractivity contribution >= 4 is 26.5 Å². The van der Waals surface area contributed by atoms with E-state index in [4.69, 9.17) is 14.2 Å². The number of fused-ring (bicyclic) bond motifs is 1. The molecule has 3 aromatic carbocycles. The lowest BCUT2D eigenvalue weighted by atomic mass is 9.80. The third-order valence-corrected chi connectivity index (χ3v) is 10.4. The lowest BCUT2D eigenvalue weighted by Gasteiger charge is -2.30. The fourth-order valence-electron chi connectivity index (χ4n) is 5.53. The van der Waals surface area contributed by atoms with Crippen molar-refractivity contribution in [3.63, 3.8) is 0 Å². The Kier molecular flexibility index (Phi) is 9.69. The highest BCUT2D eigenvalue weighted by Crippen LogP contribution is 2.43. The van der Waals surface area contributed by atoms with Gasteiger partial charge in [-0.1, -0.05) is 36.4 Å². The first-order valence-electron chi connectivity index (χ1n) is 14.1. The van der Waals surface area contributed by atoms with Crippen LogP contribution in [0.5, 0.6) is 17.2 Å². The molecule has 0 saturated carbocycles. The Morgan fingerprint density at radius 3 is 2.55 bits per heavy atom. The van der Waals surface area contributed by atoms with Crippen molar-refractivity contribution in [3.05, 3.63) is 95.0 Å². The lowest BCUT2D eigenvalue weighted by molar-refractivity contribution is -0.136. The summed E-state index contributed by atoms with van der Waals surface area (Å²) < 4.78 is 85.8. The Morgan fingerprint density at radius 2 is 1.86 bits per heavy atom. The van der Waals surface area contributed by atoms with Crippen LogP contribution in [0.25, 0.3) is 0 Å². The zero-order valence-electron chi connectivity index (χ0n) is 24.3. The van der Waals surface area contributed by atoms with Crippen molar-refractivity contribution in [3.8, 4) is 17.2 Å². The molecule has 5 rings (SSSR count). The van der Waals surface area contributed by atoms with Gasteiger partial charge in [0.05, 0.1) is 32.3 Å². The molecule has 1 aliphatic heterocycles. The van der Waals surface area contributed by atoms with Crippen molar-refractivity contribution in [1.82, 2.24) is 4.98 Å². The Labute approximate surface area is 259 Å². The number of ether oxygens (including phenoxy) is 3. The molecule has 234 valence electrons. The van der Waals surface area contributed by atoms with E-state index in [0.29, 0.717) is 42.3 Å². The molecule has 0 spiro atoms. The Bertz CT molecular complexity index is 1650. The van der Waals surface area contributed by atoms with Gasteiger partial charge in [0, 0.05) is 35.7 Å². The Balaban J connectivity index is 1.44. The van der Waals surface area contributed by atoms with Gasteiger partial charge < -0.3 is 14.2 Å². The normalized spacial score (nSPS) is 15.6. The SMILES string of the molecule is COc1ccc(CN(c2nccs2)S(=O)(=O)c2ccc3c(c2)OCC[C@@H]3CC(CCC(F)(F)F)c2ccccc2)c(OC)c1. The van der Waals surface area contributed by atoms with Gasteiger partial charge in [0.15, 0.2) is 5.13 Å². The molecule has 2 atom stereocenters. The summed E-state index contributed by atoms with van der Waals surface area (Å²) in [7, 11) is -1.08. The summed E-state index contributed by atoms with van der Waals surface area (Å²) in [6.45, 7) is 0.294. The highest BCUT2D eigenvalue weighted by atomic mass is 32.2. The van der Waals surface area contributed by atoms with Crippen LogP contribution in [-0.4, -0.2) is 40.4 Å². The number of thiazole rings is 1. The molecule has 0 radical (unpaired) electrons. The fourth-order valence-corrected chi connectivity index (χ4v) is 7.82. The maximum absolute atomic E-state index is 14.1. The molecule has 1 unspecified atom stereocenters. The number of halogens is 3. The van der Waals surface area contributed by atoms with Crippen LogP contribution in [0, 0.1) is 0 Å². The minimum atomic E-state index is -4.25. The number of nitrogens with zero attached hydrogens (tertiary/aromatic N) is 2. The summed E-state index contributed by atoms with van der Waals surface area (Å²) in [5.74, 6) is 1.07. The standard InChI is InChI=1S/C32H33F3N2O5S2/c1-40-26-9-8-25(29(19-26)41-2)21-37(31-36-15-17-43-31)44(38,39)27-10-11-28-24(13-16-42-30(28)20-27)18-23(12-14-32(33,34)35)22-6-4-3-5-7-22/h3-11,15,17,19-20,23-24H,12-14,16,18,21H2,1-2H3/t23?,24-/m1/s1. The van der Waals surface area contributed by atoms with E-state index in [1.54, 1.807) is 29.6 Å². The molecule has 0 bridgehead atoms. The van der Waals surface area contributed by atoms with Crippen LogP contribution in [0.3, 0.4) is 0 Å². The van der Waals surface area contributed by atoms with Gasteiger partial charge in [-0.05, 0) is 60.4 Å². The molecule has 4 aromatic rings. The second kappa shape index (κ2) is 13.5. The summed E-state index contributed by atoms with van der Waals surface area (Å²) in [5.41, 5.74) is 2.27. The number of sulfonamides is 1. The number of hydrogen-bond acceptors (Lipinski definition) is 7. The summed E-state index contributed by atoms with van der Waals surface area (Å²) in [5, 5.41) is 1.99. The van der Waals surface area contributed by atoms with E-state index in [-0.39, 0.29) is 34.8 Å².